The lowest BCUT2D eigenvalue weighted by molar-refractivity contribution is 0.553. The van der Waals surface area contributed by atoms with Crippen molar-refractivity contribution in [1.29, 1.82) is 0 Å². The van der Waals surface area contributed by atoms with Crippen molar-refractivity contribution in [3.8, 4) is 0 Å². The Bertz CT molecular complexity index is 234. The van der Waals surface area contributed by atoms with Crippen molar-refractivity contribution in [1.82, 2.24) is 0 Å². The van der Waals surface area contributed by atoms with Gasteiger partial charge in [0.25, 0.3) is 0 Å². The van der Waals surface area contributed by atoms with Crippen molar-refractivity contribution in [3.63, 3.8) is 0 Å². The van der Waals surface area contributed by atoms with E-state index < -0.39 is 0 Å². The van der Waals surface area contributed by atoms with E-state index in [4.69, 9.17) is 11.6 Å². The number of hydrogen-bond donors (Lipinski definition) is 0. The van der Waals surface area contributed by atoms with Gasteiger partial charge in [0.2, 0.25) is 0 Å². The smallest absolute Gasteiger partial charge is 0.0406 e. The van der Waals surface area contributed by atoms with Crippen LogP contribution in [0.3, 0.4) is 0 Å². The summed E-state index contributed by atoms with van der Waals surface area (Å²) in [6, 6.07) is 8.15. The van der Waals surface area contributed by atoms with E-state index in [2.05, 4.69) is 18.6 Å². The number of rotatable bonds is 1. The molecule has 0 amide bonds. The Labute approximate surface area is 72.2 Å². The minimum atomic E-state index is 0.701. The summed E-state index contributed by atoms with van der Waals surface area (Å²) in [6.45, 7) is 0. The minimum Gasteiger partial charge on any atom is -0.0843 e. The molecule has 2 rings (SSSR count). The average Bonchev–Trinajstić information content (AvgIpc) is 1.90. The maximum absolute atomic E-state index is 5.77. The zero-order valence-corrected chi connectivity index (χ0v) is 7.01. The predicted octanol–water partition coefficient (Wildman–Crippen LogP) is 3.42. The third-order valence-electron chi connectivity index (χ3n) is 2.23. The van der Waals surface area contributed by atoms with Crippen LogP contribution in [0.1, 0.15) is 24.3 Å². The molecule has 0 saturated heterocycles. The SMILES string of the molecule is Clc1ccc(C2[CH]CC2)cc1. The van der Waals surface area contributed by atoms with Crippen LogP contribution in [0, 0.1) is 6.42 Å². The van der Waals surface area contributed by atoms with Crippen LogP contribution >= 0.6 is 11.6 Å². The molecule has 1 atom stereocenters. The maximum Gasteiger partial charge on any atom is 0.0406 e. The molecule has 1 unspecified atom stereocenters. The number of hydrogen-bond acceptors (Lipinski definition) is 0. The van der Waals surface area contributed by atoms with Crippen LogP contribution in [-0.4, -0.2) is 0 Å². The van der Waals surface area contributed by atoms with Gasteiger partial charge in [-0.2, -0.15) is 0 Å². The summed E-state index contributed by atoms with van der Waals surface area (Å²) in [5.41, 5.74) is 1.40. The maximum atomic E-state index is 5.77. The lowest BCUT2D eigenvalue weighted by atomic mass is 9.80. The van der Waals surface area contributed by atoms with Gasteiger partial charge in [-0.15, -0.1) is 0 Å². The lowest BCUT2D eigenvalue weighted by Crippen LogP contribution is -2.09. The lowest BCUT2D eigenvalue weighted by Gasteiger charge is -2.25. The molecule has 1 aliphatic rings. The first-order valence-electron chi connectivity index (χ1n) is 3.95. The van der Waals surface area contributed by atoms with Crippen LogP contribution in [0.5, 0.6) is 0 Å². The summed E-state index contributed by atoms with van der Waals surface area (Å²) in [5, 5.41) is 0.827. The largest absolute Gasteiger partial charge is 0.0843 e. The summed E-state index contributed by atoms with van der Waals surface area (Å²) in [6.07, 6.45) is 4.93. The zero-order chi connectivity index (χ0) is 7.68. The van der Waals surface area contributed by atoms with E-state index in [0.717, 1.165) is 5.02 Å². The van der Waals surface area contributed by atoms with Gasteiger partial charge in [0, 0.05) is 5.02 Å². The Morgan fingerprint density at radius 3 is 2.27 bits per heavy atom. The molecule has 0 bridgehead atoms. The van der Waals surface area contributed by atoms with Crippen LogP contribution in [0.2, 0.25) is 5.02 Å². The quantitative estimate of drug-likeness (QED) is 0.598. The topological polar surface area (TPSA) is 0 Å². The molecule has 0 nitrogen and oxygen atoms in total. The van der Waals surface area contributed by atoms with E-state index in [9.17, 15) is 0 Å². The van der Waals surface area contributed by atoms with Crippen molar-refractivity contribution >= 4 is 11.6 Å². The normalized spacial score (nSPS) is 17.9. The molecule has 0 N–H and O–H groups in total. The van der Waals surface area contributed by atoms with Crippen molar-refractivity contribution in [2.45, 2.75) is 18.8 Å². The third-order valence-corrected chi connectivity index (χ3v) is 2.48. The highest BCUT2D eigenvalue weighted by Gasteiger charge is 2.18. The van der Waals surface area contributed by atoms with Crippen LogP contribution in [-0.2, 0) is 0 Å². The van der Waals surface area contributed by atoms with Crippen molar-refractivity contribution in [2.24, 2.45) is 0 Å². The van der Waals surface area contributed by atoms with Gasteiger partial charge in [-0.3, -0.25) is 0 Å². The first-order valence-corrected chi connectivity index (χ1v) is 4.33. The first kappa shape index (κ1) is 7.17. The summed E-state index contributed by atoms with van der Waals surface area (Å²) in [4.78, 5) is 0. The summed E-state index contributed by atoms with van der Waals surface area (Å²) in [5.74, 6) is 0.701. The van der Waals surface area contributed by atoms with Crippen LogP contribution < -0.4 is 0 Å². The molecule has 1 radical (unpaired) electrons. The monoisotopic (exact) mass is 165 g/mol. The Morgan fingerprint density at radius 1 is 1.18 bits per heavy atom. The Hall–Kier alpha value is -0.490. The van der Waals surface area contributed by atoms with Gasteiger partial charge < -0.3 is 0 Å². The van der Waals surface area contributed by atoms with Gasteiger partial charge >= 0.3 is 0 Å². The van der Waals surface area contributed by atoms with Crippen LogP contribution in [0.25, 0.3) is 0 Å². The Kier molecular flexibility index (Phi) is 1.87. The average molecular weight is 166 g/mol. The molecule has 1 saturated carbocycles. The molecule has 1 aromatic rings. The van der Waals surface area contributed by atoms with Gasteiger partial charge in [0.05, 0.1) is 0 Å². The molecule has 1 aromatic carbocycles. The van der Waals surface area contributed by atoms with Gasteiger partial charge in [-0.1, -0.05) is 23.7 Å². The molecular weight excluding hydrogens is 156 g/mol. The molecule has 0 aliphatic heterocycles. The second-order valence-corrected chi connectivity index (χ2v) is 3.41. The molecular formula is C10H10Cl. The second kappa shape index (κ2) is 2.86. The molecule has 1 aliphatic carbocycles. The third kappa shape index (κ3) is 1.41. The molecule has 0 heterocycles. The summed E-state index contributed by atoms with van der Waals surface area (Å²) < 4.78 is 0. The van der Waals surface area contributed by atoms with Gasteiger partial charge in [0.1, 0.15) is 0 Å². The van der Waals surface area contributed by atoms with E-state index in [0.29, 0.717) is 5.92 Å². The van der Waals surface area contributed by atoms with Crippen molar-refractivity contribution in [3.05, 3.63) is 41.3 Å². The molecule has 11 heavy (non-hydrogen) atoms. The number of halogens is 1. The summed E-state index contributed by atoms with van der Waals surface area (Å²) in [7, 11) is 0. The van der Waals surface area contributed by atoms with Crippen molar-refractivity contribution < 1.29 is 0 Å². The first-order chi connectivity index (χ1) is 5.36. The van der Waals surface area contributed by atoms with Crippen LogP contribution in [0.15, 0.2) is 24.3 Å². The van der Waals surface area contributed by atoms with E-state index >= 15 is 0 Å². The fourth-order valence-corrected chi connectivity index (χ4v) is 1.47. The fourth-order valence-electron chi connectivity index (χ4n) is 1.35. The van der Waals surface area contributed by atoms with E-state index in [-0.39, 0.29) is 0 Å². The Morgan fingerprint density at radius 2 is 1.82 bits per heavy atom. The summed E-state index contributed by atoms with van der Waals surface area (Å²) >= 11 is 5.77. The highest BCUT2D eigenvalue weighted by Crippen LogP contribution is 2.35. The standard InChI is InChI=1S/C10H10Cl/c11-10-6-4-9(5-7-10)8-2-1-3-8/h2,4-8H,1,3H2. The van der Waals surface area contributed by atoms with E-state index in [1.165, 1.54) is 18.4 Å². The fraction of sp³-hybridized carbons (Fsp3) is 0.300. The van der Waals surface area contributed by atoms with Gasteiger partial charge in [-0.05, 0) is 42.9 Å². The molecule has 0 spiro atoms. The molecule has 1 heteroatoms. The van der Waals surface area contributed by atoms with E-state index in [1.807, 2.05) is 12.1 Å². The zero-order valence-electron chi connectivity index (χ0n) is 6.26. The Balaban J connectivity index is 2.18. The van der Waals surface area contributed by atoms with Gasteiger partial charge in [0.15, 0.2) is 0 Å². The van der Waals surface area contributed by atoms with Crippen molar-refractivity contribution in [2.75, 3.05) is 0 Å². The molecule has 1 fully saturated rings. The molecule has 0 aromatic heterocycles. The highest BCUT2D eigenvalue weighted by atomic mass is 35.5. The van der Waals surface area contributed by atoms with E-state index in [1.54, 1.807) is 0 Å². The highest BCUT2D eigenvalue weighted by molar-refractivity contribution is 6.30. The number of benzene rings is 1. The minimum absolute atomic E-state index is 0.701. The second-order valence-electron chi connectivity index (χ2n) is 2.97. The van der Waals surface area contributed by atoms with Crippen LogP contribution in [0.4, 0.5) is 0 Å². The predicted molar refractivity (Wildman–Crippen MR) is 47.7 cm³/mol. The van der Waals surface area contributed by atoms with Gasteiger partial charge in [-0.25, -0.2) is 0 Å². The molecule has 57 valence electrons.